The third kappa shape index (κ3) is 4.18. The summed E-state index contributed by atoms with van der Waals surface area (Å²) in [5, 5.41) is 6.02. The summed E-state index contributed by atoms with van der Waals surface area (Å²) < 4.78 is 5.49. The summed E-state index contributed by atoms with van der Waals surface area (Å²) in [6, 6.07) is 0. The molecule has 2 rings (SSSR count). The van der Waals surface area contributed by atoms with Crippen molar-refractivity contribution in [3.63, 3.8) is 0 Å². The highest BCUT2D eigenvalue weighted by atomic mass is 16.5. The molecule has 108 valence electrons. The topological polar surface area (TPSA) is 70.7 Å². The summed E-state index contributed by atoms with van der Waals surface area (Å²) in [5.74, 6) is 0.601. The molecule has 2 aliphatic heterocycles. The first-order valence-electron chi connectivity index (χ1n) is 7.02. The van der Waals surface area contributed by atoms with E-state index in [1.807, 2.05) is 4.90 Å². The first kappa shape index (κ1) is 14.3. The number of piperidine rings is 1. The number of morpholine rings is 1. The van der Waals surface area contributed by atoms with Crippen molar-refractivity contribution in [3.8, 4) is 0 Å². The van der Waals surface area contributed by atoms with Crippen LogP contribution in [-0.2, 0) is 14.3 Å². The number of hydrogen-bond donors (Lipinski definition) is 2. The second-order valence-electron chi connectivity index (χ2n) is 5.27. The Morgan fingerprint density at radius 1 is 1.37 bits per heavy atom. The van der Waals surface area contributed by atoms with Crippen LogP contribution in [0, 0.1) is 5.92 Å². The molecule has 1 atom stereocenters. The summed E-state index contributed by atoms with van der Waals surface area (Å²) in [7, 11) is 0. The Bertz CT molecular complexity index is 321. The quantitative estimate of drug-likeness (QED) is 0.714. The van der Waals surface area contributed by atoms with E-state index in [0.717, 1.165) is 39.0 Å². The first-order chi connectivity index (χ1) is 9.16. The molecule has 2 heterocycles. The number of amides is 2. The minimum Gasteiger partial charge on any atom is -0.366 e. The first-order valence-corrected chi connectivity index (χ1v) is 7.02. The van der Waals surface area contributed by atoms with E-state index in [2.05, 4.69) is 10.6 Å². The Labute approximate surface area is 113 Å². The van der Waals surface area contributed by atoms with Crippen molar-refractivity contribution in [1.82, 2.24) is 15.5 Å². The lowest BCUT2D eigenvalue weighted by atomic mass is 9.96. The molecule has 0 radical (unpaired) electrons. The zero-order chi connectivity index (χ0) is 13.7. The number of carbonyl (C=O) groups is 2. The number of rotatable bonds is 3. The molecule has 6 heteroatoms. The largest absolute Gasteiger partial charge is 0.366 e. The van der Waals surface area contributed by atoms with E-state index in [4.69, 9.17) is 4.74 Å². The van der Waals surface area contributed by atoms with Crippen molar-refractivity contribution in [3.05, 3.63) is 0 Å². The molecule has 0 saturated carbocycles. The molecule has 2 fully saturated rings. The number of nitrogens with one attached hydrogen (secondary N) is 2. The fourth-order valence-corrected chi connectivity index (χ4v) is 2.57. The maximum Gasteiger partial charge on any atom is 0.253 e. The minimum absolute atomic E-state index is 0.0141. The van der Waals surface area contributed by atoms with Crippen molar-refractivity contribution in [2.24, 2.45) is 5.92 Å². The highest BCUT2D eigenvalue weighted by Crippen LogP contribution is 2.17. The Kier molecular flexibility index (Phi) is 5.15. The number of carbonyl (C=O) groups excluding carboxylic acids is 2. The van der Waals surface area contributed by atoms with Gasteiger partial charge in [-0.1, -0.05) is 0 Å². The van der Waals surface area contributed by atoms with Gasteiger partial charge in [0.2, 0.25) is 5.91 Å². The van der Waals surface area contributed by atoms with Crippen molar-refractivity contribution in [1.29, 1.82) is 0 Å². The lowest BCUT2D eigenvalue weighted by Crippen LogP contribution is -2.51. The Morgan fingerprint density at radius 3 is 2.68 bits per heavy atom. The molecule has 2 N–H and O–H groups in total. The Morgan fingerprint density at radius 2 is 2.11 bits per heavy atom. The third-order valence-electron chi connectivity index (χ3n) is 3.77. The molecular weight excluding hydrogens is 246 g/mol. The van der Waals surface area contributed by atoms with Gasteiger partial charge >= 0.3 is 0 Å². The van der Waals surface area contributed by atoms with Crippen molar-refractivity contribution < 1.29 is 14.3 Å². The molecule has 19 heavy (non-hydrogen) atoms. The van der Waals surface area contributed by atoms with Crippen LogP contribution in [0.5, 0.6) is 0 Å². The maximum atomic E-state index is 12.2. The number of ether oxygens (including phenoxy) is 1. The van der Waals surface area contributed by atoms with Crippen LogP contribution in [0.3, 0.4) is 0 Å². The van der Waals surface area contributed by atoms with Crippen molar-refractivity contribution in [2.45, 2.75) is 25.9 Å². The van der Waals surface area contributed by atoms with E-state index in [1.54, 1.807) is 0 Å². The van der Waals surface area contributed by atoms with E-state index in [1.165, 1.54) is 6.92 Å². The predicted molar refractivity (Wildman–Crippen MR) is 70.6 cm³/mol. The molecule has 0 aromatic carbocycles. The van der Waals surface area contributed by atoms with E-state index in [0.29, 0.717) is 19.1 Å². The van der Waals surface area contributed by atoms with Crippen LogP contribution < -0.4 is 10.6 Å². The fraction of sp³-hybridized carbons (Fsp3) is 0.846. The predicted octanol–water partition coefficient (Wildman–Crippen LogP) is -0.650. The standard InChI is InChI=1S/C13H23N3O3/c1-10(17)15-8-11-2-5-16(6-3-11)13(18)12-9-14-4-7-19-12/h11-12,14H,2-9H2,1H3,(H,15,17). The Hall–Kier alpha value is -1.14. The van der Waals surface area contributed by atoms with E-state index in [-0.39, 0.29) is 17.9 Å². The van der Waals surface area contributed by atoms with Gasteiger partial charge in [-0.25, -0.2) is 0 Å². The van der Waals surface area contributed by atoms with Crippen LogP contribution in [0.2, 0.25) is 0 Å². The molecule has 2 aliphatic rings. The lowest BCUT2D eigenvalue weighted by Gasteiger charge is -2.35. The number of nitrogens with zero attached hydrogens (tertiary/aromatic N) is 1. The molecule has 6 nitrogen and oxygen atoms in total. The van der Waals surface area contributed by atoms with Gasteiger partial charge in [0.05, 0.1) is 6.61 Å². The monoisotopic (exact) mass is 269 g/mol. The summed E-state index contributed by atoms with van der Waals surface area (Å²) >= 11 is 0. The van der Waals surface area contributed by atoms with Crippen LogP contribution in [0.1, 0.15) is 19.8 Å². The summed E-state index contributed by atoms with van der Waals surface area (Å²) in [4.78, 5) is 25.0. The van der Waals surface area contributed by atoms with E-state index >= 15 is 0 Å². The van der Waals surface area contributed by atoms with Gasteiger partial charge in [-0.3, -0.25) is 9.59 Å². The zero-order valence-corrected chi connectivity index (χ0v) is 11.5. The SMILES string of the molecule is CC(=O)NCC1CCN(C(=O)C2CNCCO2)CC1. The zero-order valence-electron chi connectivity index (χ0n) is 11.5. The maximum absolute atomic E-state index is 12.2. The molecule has 2 saturated heterocycles. The normalized spacial score (nSPS) is 25.1. The van der Waals surface area contributed by atoms with Gasteiger partial charge in [-0.15, -0.1) is 0 Å². The Balaban J connectivity index is 1.72. The smallest absolute Gasteiger partial charge is 0.253 e. The highest BCUT2D eigenvalue weighted by Gasteiger charge is 2.29. The van der Waals surface area contributed by atoms with Gasteiger partial charge in [-0.05, 0) is 18.8 Å². The molecule has 0 spiro atoms. The lowest BCUT2D eigenvalue weighted by molar-refractivity contribution is -0.146. The summed E-state index contributed by atoms with van der Waals surface area (Å²) in [6.07, 6.45) is 1.58. The molecule has 1 unspecified atom stereocenters. The minimum atomic E-state index is -0.319. The third-order valence-corrected chi connectivity index (χ3v) is 3.77. The molecule has 0 aliphatic carbocycles. The molecule has 0 aromatic rings. The summed E-state index contributed by atoms with van der Waals surface area (Å²) in [5.41, 5.74) is 0. The molecule has 0 bridgehead atoms. The van der Waals surface area contributed by atoms with Gasteiger partial charge < -0.3 is 20.3 Å². The van der Waals surface area contributed by atoms with Gasteiger partial charge in [0.1, 0.15) is 6.10 Å². The van der Waals surface area contributed by atoms with Crippen LogP contribution in [-0.4, -0.2) is 62.1 Å². The van der Waals surface area contributed by atoms with Gasteiger partial charge in [0, 0.05) is 39.6 Å². The van der Waals surface area contributed by atoms with Crippen LogP contribution in [0.25, 0.3) is 0 Å². The molecule has 0 aromatic heterocycles. The fourth-order valence-electron chi connectivity index (χ4n) is 2.57. The van der Waals surface area contributed by atoms with E-state index in [9.17, 15) is 9.59 Å². The second-order valence-corrected chi connectivity index (χ2v) is 5.27. The van der Waals surface area contributed by atoms with E-state index < -0.39 is 0 Å². The van der Waals surface area contributed by atoms with Crippen molar-refractivity contribution >= 4 is 11.8 Å². The second kappa shape index (κ2) is 6.86. The van der Waals surface area contributed by atoms with Gasteiger partial charge in [0.25, 0.3) is 5.91 Å². The van der Waals surface area contributed by atoms with Crippen molar-refractivity contribution in [2.75, 3.05) is 39.3 Å². The average Bonchev–Trinajstić information content (AvgIpc) is 2.46. The number of hydrogen-bond acceptors (Lipinski definition) is 4. The van der Waals surface area contributed by atoms with Crippen LogP contribution in [0.4, 0.5) is 0 Å². The summed E-state index contributed by atoms with van der Waals surface area (Å²) in [6.45, 7) is 5.83. The average molecular weight is 269 g/mol. The molecular formula is C13H23N3O3. The van der Waals surface area contributed by atoms with Gasteiger partial charge in [0.15, 0.2) is 0 Å². The highest BCUT2D eigenvalue weighted by molar-refractivity contribution is 5.81. The van der Waals surface area contributed by atoms with Gasteiger partial charge in [-0.2, -0.15) is 0 Å². The van der Waals surface area contributed by atoms with Crippen LogP contribution >= 0.6 is 0 Å². The number of likely N-dealkylation sites (tertiary alicyclic amines) is 1. The molecule has 2 amide bonds. The van der Waals surface area contributed by atoms with Crippen LogP contribution in [0.15, 0.2) is 0 Å².